The molecule has 0 bridgehead atoms. The highest BCUT2D eigenvalue weighted by molar-refractivity contribution is 6.27. The van der Waals surface area contributed by atoms with Crippen molar-refractivity contribution in [2.45, 2.75) is 13.0 Å². The summed E-state index contributed by atoms with van der Waals surface area (Å²) in [6, 6.07) is 6.11. The third-order valence-corrected chi connectivity index (χ3v) is 6.96. The monoisotopic (exact) mass is 524 g/mol. The van der Waals surface area contributed by atoms with Gasteiger partial charge in [0.05, 0.1) is 51.2 Å². The number of hydrogen-bond acceptors (Lipinski definition) is 9. The van der Waals surface area contributed by atoms with Gasteiger partial charge in [-0.1, -0.05) is 0 Å². The summed E-state index contributed by atoms with van der Waals surface area (Å²) in [7, 11) is 4.34. The second-order valence-corrected chi connectivity index (χ2v) is 8.99. The smallest absolute Gasteiger partial charge is 0.493 e. The second kappa shape index (κ2) is 10.3. The number of ketones is 1. The number of methoxy groups -OCH3 is 3. The molecule has 200 valence electrons. The number of aromatic nitrogens is 1. The maximum Gasteiger partial charge on any atom is 0.511 e. The highest BCUT2D eigenvalue weighted by atomic mass is 16.7. The van der Waals surface area contributed by atoms with Crippen LogP contribution in [0, 0.1) is 0 Å². The minimum atomic E-state index is -1.53. The van der Waals surface area contributed by atoms with E-state index in [0.717, 1.165) is 19.6 Å². The molecule has 2 aliphatic rings. The zero-order valence-corrected chi connectivity index (χ0v) is 21.4. The van der Waals surface area contributed by atoms with Gasteiger partial charge in [0.25, 0.3) is 5.56 Å². The first-order valence-corrected chi connectivity index (χ1v) is 12.2. The summed E-state index contributed by atoms with van der Waals surface area (Å²) in [5, 5.41) is 9.91. The summed E-state index contributed by atoms with van der Waals surface area (Å²) < 4.78 is 28.1. The van der Waals surface area contributed by atoms with Crippen LogP contribution < -0.4 is 24.5 Å². The van der Waals surface area contributed by atoms with Crippen LogP contribution in [0.4, 0.5) is 4.79 Å². The van der Waals surface area contributed by atoms with Crippen molar-refractivity contribution < 1.29 is 38.4 Å². The van der Waals surface area contributed by atoms with E-state index in [-0.39, 0.29) is 28.4 Å². The molecular weight excluding hydrogens is 496 g/mol. The number of benzene rings is 2. The Morgan fingerprint density at radius 2 is 1.47 bits per heavy atom. The van der Waals surface area contributed by atoms with Gasteiger partial charge >= 0.3 is 6.16 Å². The Labute approximate surface area is 218 Å². The Morgan fingerprint density at radius 3 is 2.11 bits per heavy atom. The van der Waals surface area contributed by atoms with Crippen LogP contribution in [0.15, 0.2) is 29.1 Å². The van der Waals surface area contributed by atoms with Crippen LogP contribution in [0.5, 0.6) is 23.0 Å². The number of pyridine rings is 1. The van der Waals surface area contributed by atoms with E-state index in [1.54, 1.807) is 22.8 Å². The number of fused-ring (bicyclic) bond motifs is 5. The lowest BCUT2D eigenvalue weighted by atomic mass is 10.0. The largest absolute Gasteiger partial charge is 0.511 e. The van der Waals surface area contributed by atoms with E-state index >= 15 is 0 Å². The number of carboxylic acid groups (broad SMARTS) is 1. The van der Waals surface area contributed by atoms with Crippen LogP contribution in [0.3, 0.4) is 0 Å². The lowest BCUT2D eigenvalue weighted by Crippen LogP contribution is -2.37. The number of rotatable bonds is 8. The van der Waals surface area contributed by atoms with Gasteiger partial charge in [-0.25, -0.2) is 4.79 Å². The predicted octanol–water partition coefficient (Wildman–Crippen LogP) is 3.02. The molecule has 38 heavy (non-hydrogen) atoms. The van der Waals surface area contributed by atoms with E-state index in [4.69, 9.17) is 28.8 Å². The normalized spacial score (nSPS) is 14.8. The molecule has 5 rings (SSSR count). The first kappa shape index (κ1) is 25.6. The summed E-state index contributed by atoms with van der Waals surface area (Å²) >= 11 is 0. The summed E-state index contributed by atoms with van der Waals surface area (Å²) in [6.45, 7) is 4.14. The molecule has 11 heteroatoms. The van der Waals surface area contributed by atoms with Gasteiger partial charge in [-0.05, 0) is 30.7 Å². The number of nitrogens with zero attached hydrogens (tertiary/aromatic N) is 2. The quantitative estimate of drug-likeness (QED) is 0.272. The van der Waals surface area contributed by atoms with Crippen LogP contribution in [0.1, 0.15) is 22.3 Å². The third-order valence-electron chi connectivity index (χ3n) is 6.96. The van der Waals surface area contributed by atoms with Crippen molar-refractivity contribution in [1.82, 2.24) is 9.47 Å². The molecule has 0 saturated carbocycles. The van der Waals surface area contributed by atoms with Crippen molar-refractivity contribution in [2.75, 3.05) is 54.2 Å². The van der Waals surface area contributed by atoms with Gasteiger partial charge in [-0.15, -0.1) is 0 Å². The molecule has 2 aromatic carbocycles. The van der Waals surface area contributed by atoms with Crippen molar-refractivity contribution in [3.8, 4) is 34.3 Å². The second-order valence-electron chi connectivity index (χ2n) is 8.99. The predicted molar refractivity (Wildman–Crippen MR) is 137 cm³/mol. The number of carbonyl (C=O) groups is 2. The molecule has 11 nitrogen and oxygen atoms in total. The van der Waals surface area contributed by atoms with Crippen LogP contribution >= 0.6 is 0 Å². The highest BCUT2D eigenvalue weighted by Gasteiger charge is 2.35. The molecule has 1 aliphatic heterocycles. The molecule has 0 spiro atoms. The lowest BCUT2D eigenvalue weighted by Gasteiger charge is -2.26. The van der Waals surface area contributed by atoms with Crippen molar-refractivity contribution in [3.05, 3.63) is 45.7 Å². The molecule has 1 aliphatic carbocycles. The molecule has 1 fully saturated rings. The zero-order valence-electron chi connectivity index (χ0n) is 21.4. The third kappa shape index (κ3) is 4.33. The Hall–Kier alpha value is -4.09. The molecule has 0 atom stereocenters. The molecule has 0 unspecified atom stereocenters. The van der Waals surface area contributed by atoms with Crippen molar-refractivity contribution in [2.24, 2.45) is 0 Å². The summed E-state index contributed by atoms with van der Waals surface area (Å²) in [5.74, 6) is 0.421. The van der Waals surface area contributed by atoms with Gasteiger partial charge in [0, 0.05) is 42.7 Å². The van der Waals surface area contributed by atoms with Gasteiger partial charge in [-0.2, -0.15) is 0 Å². The Bertz CT molecular complexity index is 1490. The highest BCUT2D eigenvalue weighted by Crippen LogP contribution is 2.45. The van der Waals surface area contributed by atoms with E-state index in [9.17, 15) is 14.4 Å². The van der Waals surface area contributed by atoms with Gasteiger partial charge in [-0.3, -0.25) is 14.5 Å². The fraction of sp³-hybridized carbons (Fsp3) is 0.370. The van der Waals surface area contributed by atoms with Crippen LogP contribution in [-0.2, 0) is 11.3 Å². The summed E-state index contributed by atoms with van der Waals surface area (Å²) in [5.41, 5.74) is 1.21. The molecule has 2 heterocycles. The molecular formula is C27H28N2O9. The summed E-state index contributed by atoms with van der Waals surface area (Å²) in [6.07, 6.45) is -0.861. The minimum absolute atomic E-state index is 0.107. The number of morpholine rings is 1. The van der Waals surface area contributed by atoms with E-state index < -0.39 is 6.16 Å². The van der Waals surface area contributed by atoms with Gasteiger partial charge < -0.3 is 33.4 Å². The Balaban J connectivity index is 1.71. The van der Waals surface area contributed by atoms with E-state index in [1.165, 1.54) is 27.4 Å². The fourth-order valence-corrected chi connectivity index (χ4v) is 5.18. The van der Waals surface area contributed by atoms with Crippen molar-refractivity contribution >= 4 is 22.7 Å². The SMILES string of the molecule is COc1cc2c3c(n(CCCN4CCOCC4)c(=O)c2cc1OC)-c1cc(OC)c(OC(=O)O)cc1C3=O. The van der Waals surface area contributed by atoms with E-state index in [0.29, 0.717) is 65.3 Å². The molecule has 1 saturated heterocycles. The first-order valence-electron chi connectivity index (χ1n) is 12.2. The molecule has 0 radical (unpaired) electrons. The molecule has 1 N–H and O–H groups in total. The van der Waals surface area contributed by atoms with E-state index in [2.05, 4.69) is 4.90 Å². The maximum absolute atomic E-state index is 13.9. The van der Waals surface area contributed by atoms with Crippen molar-refractivity contribution in [3.63, 3.8) is 0 Å². The number of hydrogen-bond donors (Lipinski definition) is 1. The lowest BCUT2D eigenvalue weighted by molar-refractivity contribution is 0.0369. The number of carbonyl (C=O) groups excluding carboxylic acids is 1. The topological polar surface area (TPSA) is 126 Å². The molecule has 3 aromatic rings. The van der Waals surface area contributed by atoms with Gasteiger partial charge in [0.1, 0.15) is 0 Å². The average molecular weight is 525 g/mol. The van der Waals surface area contributed by atoms with E-state index in [1.807, 2.05) is 0 Å². The maximum atomic E-state index is 13.9. The minimum Gasteiger partial charge on any atom is -0.493 e. The standard InChI is InChI=1S/C27H28N2O9/c1-34-19-11-15-18(14-20(19)35-2)26(31)29(6-4-5-28-7-9-37-10-8-28)24-16-12-21(36-3)22(38-27(32)33)13-17(16)25(30)23(15)24/h11-14H,4-10H2,1-3H3,(H,32,33). The number of ether oxygens (including phenoxy) is 5. The van der Waals surface area contributed by atoms with Gasteiger partial charge in [0.2, 0.25) is 0 Å². The fourth-order valence-electron chi connectivity index (χ4n) is 5.18. The Morgan fingerprint density at radius 1 is 0.868 bits per heavy atom. The zero-order chi connectivity index (χ0) is 27.0. The summed E-state index contributed by atoms with van der Waals surface area (Å²) in [4.78, 5) is 41.3. The van der Waals surface area contributed by atoms with Crippen LogP contribution in [0.25, 0.3) is 22.0 Å². The molecule has 1 aromatic heterocycles. The van der Waals surface area contributed by atoms with Gasteiger partial charge in [0.15, 0.2) is 28.8 Å². The van der Waals surface area contributed by atoms with Crippen molar-refractivity contribution in [1.29, 1.82) is 0 Å². The average Bonchev–Trinajstić information content (AvgIpc) is 3.20. The van der Waals surface area contributed by atoms with Crippen LogP contribution in [-0.4, -0.2) is 80.7 Å². The molecule has 0 amide bonds. The van der Waals surface area contributed by atoms with Crippen LogP contribution in [0.2, 0.25) is 0 Å². The first-order chi connectivity index (χ1) is 18.4. The Kier molecular flexibility index (Phi) is 6.96.